The van der Waals surface area contributed by atoms with Gasteiger partial charge < -0.3 is 30.4 Å². The number of anilines is 2. The van der Waals surface area contributed by atoms with Crippen LogP contribution in [0.15, 0.2) is 48.5 Å². The molecule has 0 bridgehead atoms. The highest BCUT2D eigenvalue weighted by molar-refractivity contribution is 5.44. The van der Waals surface area contributed by atoms with Crippen LogP contribution >= 0.6 is 0 Å². The lowest BCUT2D eigenvalue weighted by Crippen LogP contribution is -2.12. The van der Waals surface area contributed by atoms with Crippen LogP contribution < -0.4 is 20.9 Å². The fraction of sp³-hybridized carbons (Fsp3) is 0.294. The summed E-state index contributed by atoms with van der Waals surface area (Å²) in [4.78, 5) is 0. The Bertz CT molecular complexity index is 541. The van der Waals surface area contributed by atoms with Crippen molar-refractivity contribution in [1.29, 1.82) is 0 Å². The summed E-state index contributed by atoms with van der Waals surface area (Å²) < 4.78 is 21.6. The molecule has 2 aromatic rings. The Morgan fingerprint density at radius 1 is 0.652 bits per heavy atom. The molecule has 0 amide bonds. The molecule has 2 aromatic carbocycles. The molecule has 0 aliphatic carbocycles. The summed E-state index contributed by atoms with van der Waals surface area (Å²) in [5, 5.41) is 0. The maximum absolute atomic E-state index is 5.66. The number of hydrogen-bond acceptors (Lipinski definition) is 6. The van der Waals surface area contributed by atoms with Gasteiger partial charge in [-0.2, -0.15) is 0 Å². The first-order chi connectivity index (χ1) is 11.2. The fourth-order valence-corrected chi connectivity index (χ4v) is 1.82. The van der Waals surface area contributed by atoms with E-state index in [-0.39, 0.29) is 6.79 Å². The van der Waals surface area contributed by atoms with Crippen molar-refractivity contribution in [2.45, 2.75) is 0 Å². The number of benzene rings is 2. The minimum absolute atomic E-state index is 0.195. The van der Waals surface area contributed by atoms with E-state index in [2.05, 4.69) is 0 Å². The van der Waals surface area contributed by atoms with Gasteiger partial charge in [-0.05, 0) is 24.3 Å². The van der Waals surface area contributed by atoms with Gasteiger partial charge in [0.05, 0.1) is 13.2 Å². The third-order valence-corrected chi connectivity index (χ3v) is 2.88. The first-order valence-electron chi connectivity index (χ1n) is 7.36. The van der Waals surface area contributed by atoms with E-state index in [1.165, 1.54) is 0 Å². The van der Waals surface area contributed by atoms with Gasteiger partial charge in [-0.15, -0.1) is 0 Å². The molecule has 124 valence electrons. The van der Waals surface area contributed by atoms with Crippen molar-refractivity contribution >= 4 is 11.4 Å². The highest BCUT2D eigenvalue weighted by Crippen LogP contribution is 2.14. The molecule has 2 rings (SSSR count). The predicted octanol–water partition coefficient (Wildman–Crippen LogP) is 2.30. The van der Waals surface area contributed by atoms with E-state index in [0.29, 0.717) is 37.8 Å². The molecule has 0 saturated carbocycles. The molecule has 0 radical (unpaired) electrons. The highest BCUT2D eigenvalue weighted by atomic mass is 16.7. The van der Waals surface area contributed by atoms with Crippen molar-refractivity contribution in [2.75, 3.05) is 44.7 Å². The molecule has 0 fully saturated rings. The Morgan fingerprint density at radius 2 is 1.13 bits per heavy atom. The molecule has 6 nitrogen and oxygen atoms in total. The van der Waals surface area contributed by atoms with E-state index < -0.39 is 0 Å². The van der Waals surface area contributed by atoms with Crippen molar-refractivity contribution in [1.82, 2.24) is 0 Å². The molecule has 0 spiro atoms. The summed E-state index contributed by atoms with van der Waals surface area (Å²) in [6, 6.07) is 14.5. The smallest absolute Gasteiger partial charge is 0.147 e. The SMILES string of the molecule is Nc1cccc(OCCOCOCCOc2cccc(N)c2)c1. The highest BCUT2D eigenvalue weighted by Gasteiger charge is 1.96. The third kappa shape index (κ3) is 6.90. The average molecular weight is 318 g/mol. The minimum Gasteiger partial charge on any atom is -0.491 e. The van der Waals surface area contributed by atoms with Gasteiger partial charge in [-0.1, -0.05) is 12.1 Å². The summed E-state index contributed by atoms with van der Waals surface area (Å²) in [7, 11) is 0. The Kier molecular flexibility index (Phi) is 7.03. The van der Waals surface area contributed by atoms with Crippen molar-refractivity contribution in [2.24, 2.45) is 0 Å². The summed E-state index contributed by atoms with van der Waals surface area (Å²) in [6.45, 7) is 1.94. The van der Waals surface area contributed by atoms with Crippen LogP contribution in [0.5, 0.6) is 11.5 Å². The van der Waals surface area contributed by atoms with E-state index in [1.54, 1.807) is 12.1 Å². The topological polar surface area (TPSA) is 89.0 Å². The van der Waals surface area contributed by atoms with Gasteiger partial charge in [-0.3, -0.25) is 0 Å². The van der Waals surface area contributed by atoms with Gasteiger partial charge in [-0.25, -0.2) is 0 Å². The van der Waals surface area contributed by atoms with E-state index in [4.69, 9.17) is 30.4 Å². The Labute approximate surface area is 135 Å². The first kappa shape index (κ1) is 16.9. The summed E-state index contributed by atoms with van der Waals surface area (Å²) in [5.41, 5.74) is 12.7. The fourth-order valence-electron chi connectivity index (χ4n) is 1.82. The van der Waals surface area contributed by atoms with Gasteiger partial charge in [0.25, 0.3) is 0 Å². The lowest BCUT2D eigenvalue weighted by molar-refractivity contribution is -0.0662. The van der Waals surface area contributed by atoms with Gasteiger partial charge in [0.2, 0.25) is 0 Å². The molecule has 0 heterocycles. The van der Waals surface area contributed by atoms with Crippen LogP contribution in [0.2, 0.25) is 0 Å². The Balaban J connectivity index is 1.45. The number of nitrogen functional groups attached to an aromatic ring is 2. The maximum atomic E-state index is 5.66. The quantitative estimate of drug-likeness (QED) is 0.397. The molecule has 0 aromatic heterocycles. The van der Waals surface area contributed by atoms with Crippen LogP contribution in [0.25, 0.3) is 0 Å². The second-order valence-corrected chi connectivity index (χ2v) is 4.78. The van der Waals surface area contributed by atoms with Crippen molar-refractivity contribution < 1.29 is 18.9 Å². The summed E-state index contributed by atoms with van der Waals surface area (Å²) >= 11 is 0. The molecule has 0 unspecified atom stereocenters. The van der Waals surface area contributed by atoms with E-state index in [0.717, 1.165) is 11.5 Å². The molecule has 0 aliphatic heterocycles. The zero-order valence-corrected chi connectivity index (χ0v) is 12.9. The monoisotopic (exact) mass is 318 g/mol. The maximum Gasteiger partial charge on any atom is 0.147 e. The zero-order valence-electron chi connectivity index (χ0n) is 12.9. The van der Waals surface area contributed by atoms with Gasteiger partial charge >= 0.3 is 0 Å². The largest absolute Gasteiger partial charge is 0.491 e. The molecular weight excluding hydrogens is 296 g/mol. The zero-order chi connectivity index (χ0) is 16.3. The van der Waals surface area contributed by atoms with E-state index >= 15 is 0 Å². The van der Waals surface area contributed by atoms with Crippen LogP contribution in [0, 0.1) is 0 Å². The lowest BCUT2D eigenvalue weighted by atomic mass is 10.3. The van der Waals surface area contributed by atoms with Crippen LogP contribution in [0.1, 0.15) is 0 Å². The molecule has 0 aliphatic rings. The van der Waals surface area contributed by atoms with Gasteiger partial charge in [0, 0.05) is 23.5 Å². The predicted molar refractivity (Wildman–Crippen MR) is 89.5 cm³/mol. The van der Waals surface area contributed by atoms with Crippen LogP contribution in [0.3, 0.4) is 0 Å². The summed E-state index contributed by atoms with van der Waals surface area (Å²) in [5.74, 6) is 1.45. The second-order valence-electron chi connectivity index (χ2n) is 4.78. The summed E-state index contributed by atoms with van der Waals surface area (Å²) in [6.07, 6.45) is 0. The number of nitrogens with two attached hydrogens (primary N) is 2. The number of ether oxygens (including phenoxy) is 4. The van der Waals surface area contributed by atoms with Crippen LogP contribution in [0.4, 0.5) is 11.4 Å². The Hall–Kier alpha value is -2.44. The standard InChI is InChI=1S/C17H22N2O4/c18-14-3-1-5-16(11-14)22-9-7-20-13-21-8-10-23-17-6-2-4-15(19)12-17/h1-6,11-12H,7-10,13,18-19H2. The van der Waals surface area contributed by atoms with Crippen LogP contribution in [-0.2, 0) is 9.47 Å². The molecule has 4 N–H and O–H groups in total. The van der Waals surface area contributed by atoms with Crippen molar-refractivity contribution in [3.8, 4) is 11.5 Å². The number of hydrogen-bond donors (Lipinski definition) is 2. The molecular formula is C17H22N2O4. The lowest BCUT2D eigenvalue weighted by Gasteiger charge is -2.09. The number of rotatable bonds is 10. The minimum atomic E-state index is 0.195. The average Bonchev–Trinajstić information content (AvgIpc) is 2.53. The molecule has 6 heteroatoms. The first-order valence-corrected chi connectivity index (χ1v) is 7.36. The van der Waals surface area contributed by atoms with Gasteiger partial charge in [0.15, 0.2) is 0 Å². The van der Waals surface area contributed by atoms with E-state index in [1.807, 2.05) is 36.4 Å². The van der Waals surface area contributed by atoms with Gasteiger partial charge in [0.1, 0.15) is 31.5 Å². The molecule has 0 saturated heterocycles. The molecule has 0 atom stereocenters. The van der Waals surface area contributed by atoms with Crippen molar-refractivity contribution in [3.63, 3.8) is 0 Å². The third-order valence-electron chi connectivity index (χ3n) is 2.88. The van der Waals surface area contributed by atoms with Crippen molar-refractivity contribution in [3.05, 3.63) is 48.5 Å². The molecule has 23 heavy (non-hydrogen) atoms. The second kappa shape index (κ2) is 9.55. The Morgan fingerprint density at radius 3 is 1.57 bits per heavy atom. The van der Waals surface area contributed by atoms with E-state index in [9.17, 15) is 0 Å². The van der Waals surface area contributed by atoms with Crippen LogP contribution in [-0.4, -0.2) is 33.2 Å². The normalized spacial score (nSPS) is 10.4.